The largest absolute Gasteiger partial charge is 0.496 e. The smallest absolute Gasteiger partial charge is 0.262 e. The molecule has 132 valence electrons. The van der Waals surface area contributed by atoms with Crippen molar-refractivity contribution in [2.24, 2.45) is 0 Å². The highest BCUT2D eigenvalue weighted by atomic mass is 32.2. The topological polar surface area (TPSA) is 61.2 Å². The second-order valence-corrected chi connectivity index (χ2v) is 6.47. The molecular weight excluding hydrogens is 348 g/mol. The summed E-state index contributed by atoms with van der Waals surface area (Å²) >= 11 is 1.24. The van der Waals surface area contributed by atoms with E-state index in [2.05, 4.69) is 11.6 Å². The van der Waals surface area contributed by atoms with Gasteiger partial charge in [0.25, 0.3) is 5.56 Å². The summed E-state index contributed by atoms with van der Waals surface area (Å²) in [6.45, 7) is 4.04. The average molecular weight is 366 g/mol. The lowest BCUT2D eigenvalue weighted by molar-refractivity contribution is 0.101. The van der Waals surface area contributed by atoms with Gasteiger partial charge in [-0.1, -0.05) is 42.1 Å². The second kappa shape index (κ2) is 8.01. The number of ketones is 1. The maximum absolute atomic E-state index is 12.7. The van der Waals surface area contributed by atoms with E-state index in [1.165, 1.54) is 23.4 Å². The molecule has 0 amide bonds. The van der Waals surface area contributed by atoms with E-state index in [-0.39, 0.29) is 17.1 Å². The summed E-state index contributed by atoms with van der Waals surface area (Å²) in [4.78, 5) is 29.8. The predicted octanol–water partition coefficient (Wildman–Crippen LogP) is 3.57. The van der Waals surface area contributed by atoms with Crippen molar-refractivity contribution in [3.05, 3.63) is 77.1 Å². The van der Waals surface area contributed by atoms with Crippen LogP contribution in [0.2, 0.25) is 0 Å². The van der Waals surface area contributed by atoms with E-state index in [4.69, 9.17) is 4.74 Å². The average Bonchev–Trinajstić information content (AvgIpc) is 2.68. The van der Waals surface area contributed by atoms with Gasteiger partial charge in [-0.05, 0) is 24.3 Å². The van der Waals surface area contributed by atoms with Crippen molar-refractivity contribution < 1.29 is 9.53 Å². The lowest BCUT2D eigenvalue weighted by Gasteiger charge is -2.11. The van der Waals surface area contributed by atoms with Crippen LogP contribution < -0.4 is 10.3 Å². The number of hydrogen-bond acceptors (Lipinski definition) is 5. The van der Waals surface area contributed by atoms with Gasteiger partial charge in [0, 0.05) is 6.54 Å². The minimum atomic E-state index is -0.136. The Kier molecular flexibility index (Phi) is 5.53. The van der Waals surface area contributed by atoms with Crippen LogP contribution in [0.3, 0.4) is 0 Å². The van der Waals surface area contributed by atoms with Crippen LogP contribution >= 0.6 is 11.8 Å². The monoisotopic (exact) mass is 366 g/mol. The highest BCUT2D eigenvalue weighted by Crippen LogP contribution is 2.23. The molecule has 3 rings (SSSR count). The highest BCUT2D eigenvalue weighted by molar-refractivity contribution is 7.99. The van der Waals surface area contributed by atoms with Crippen LogP contribution in [-0.4, -0.2) is 28.2 Å². The Morgan fingerprint density at radius 3 is 2.73 bits per heavy atom. The van der Waals surface area contributed by atoms with E-state index in [1.807, 2.05) is 18.2 Å². The number of methoxy groups -OCH3 is 1. The molecule has 0 spiro atoms. The van der Waals surface area contributed by atoms with E-state index < -0.39 is 0 Å². The van der Waals surface area contributed by atoms with Gasteiger partial charge in [-0.25, -0.2) is 4.98 Å². The number of para-hydroxylation sites is 2. The molecule has 26 heavy (non-hydrogen) atoms. The Labute approximate surface area is 155 Å². The van der Waals surface area contributed by atoms with E-state index in [1.54, 1.807) is 36.4 Å². The molecule has 1 aromatic heterocycles. The van der Waals surface area contributed by atoms with Gasteiger partial charge in [-0.2, -0.15) is 0 Å². The van der Waals surface area contributed by atoms with Gasteiger partial charge in [0.15, 0.2) is 10.9 Å². The summed E-state index contributed by atoms with van der Waals surface area (Å²) < 4.78 is 6.78. The number of carbonyl (C=O) groups excluding carboxylic acids is 1. The van der Waals surface area contributed by atoms with Gasteiger partial charge in [0.2, 0.25) is 0 Å². The number of Topliss-reactive ketones (excluding diaryl/α,β-unsaturated/α-hetero) is 1. The number of allylic oxidation sites excluding steroid dienone is 1. The number of rotatable bonds is 7. The summed E-state index contributed by atoms with van der Waals surface area (Å²) in [5, 5.41) is 1.05. The van der Waals surface area contributed by atoms with Crippen LogP contribution in [0.25, 0.3) is 10.9 Å². The molecule has 5 nitrogen and oxygen atoms in total. The van der Waals surface area contributed by atoms with Crippen molar-refractivity contribution in [2.75, 3.05) is 12.9 Å². The standard InChI is InChI=1S/C20H18N2O3S/c1-3-12-22-19(24)14-8-4-6-10-16(14)21-20(22)26-13-17(23)15-9-5-7-11-18(15)25-2/h3-11H,1,12-13H2,2H3. The Morgan fingerprint density at radius 2 is 1.96 bits per heavy atom. The normalized spacial score (nSPS) is 10.7. The van der Waals surface area contributed by atoms with E-state index in [9.17, 15) is 9.59 Å². The molecule has 0 bridgehead atoms. The van der Waals surface area contributed by atoms with E-state index in [0.717, 1.165) is 0 Å². The fraction of sp³-hybridized carbons (Fsp3) is 0.150. The molecule has 0 fully saturated rings. The zero-order valence-corrected chi connectivity index (χ0v) is 15.2. The number of hydrogen-bond donors (Lipinski definition) is 0. The summed E-state index contributed by atoms with van der Waals surface area (Å²) in [6.07, 6.45) is 1.64. The quantitative estimate of drug-likeness (QED) is 0.277. The highest BCUT2D eigenvalue weighted by Gasteiger charge is 2.15. The van der Waals surface area contributed by atoms with Crippen molar-refractivity contribution >= 4 is 28.4 Å². The SMILES string of the molecule is C=CCn1c(SCC(=O)c2ccccc2OC)nc2ccccc2c1=O. The molecule has 3 aromatic rings. The molecule has 0 saturated carbocycles. The summed E-state index contributed by atoms with van der Waals surface area (Å²) in [5.74, 6) is 0.607. The van der Waals surface area contributed by atoms with Gasteiger partial charge >= 0.3 is 0 Å². The van der Waals surface area contributed by atoms with Gasteiger partial charge in [-0.15, -0.1) is 6.58 Å². The van der Waals surface area contributed by atoms with Crippen molar-refractivity contribution in [3.8, 4) is 5.75 Å². The van der Waals surface area contributed by atoms with Gasteiger partial charge in [0.05, 0.1) is 29.3 Å². The maximum atomic E-state index is 12.7. The number of aromatic nitrogens is 2. The third-order valence-corrected chi connectivity index (χ3v) is 4.85. The second-order valence-electron chi connectivity index (χ2n) is 5.53. The number of fused-ring (bicyclic) bond motifs is 1. The van der Waals surface area contributed by atoms with Crippen LogP contribution in [0.15, 0.2) is 71.1 Å². The Hall–Kier alpha value is -2.86. The van der Waals surface area contributed by atoms with Crippen molar-refractivity contribution in [1.29, 1.82) is 0 Å². The summed E-state index contributed by atoms with van der Waals surface area (Å²) in [7, 11) is 1.53. The number of ether oxygens (including phenoxy) is 1. The zero-order valence-electron chi connectivity index (χ0n) is 14.3. The summed E-state index contributed by atoms with van der Waals surface area (Å²) in [5.41, 5.74) is 0.994. The van der Waals surface area contributed by atoms with Crippen molar-refractivity contribution in [1.82, 2.24) is 9.55 Å². The van der Waals surface area contributed by atoms with Crippen LogP contribution in [0, 0.1) is 0 Å². The van der Waals surface area contributed by atoms with Crippen LogP contribution in [0.1, 0.15) is 10.4 Å². The molecular formula is C20H18N2O3S. The van der Waals surface area contributed by atoms with Crippen LogP contribution in [0.4, 0.5) is 0 Å². The van der Waals surface area contributed by atoms with Crippen molar-refractivity contribution in [3.63, 3.8) is 0 Å². The maximum Gasteiger partial charge on any atom is 0.262 e. The first kappa shape index (κ1) is 17.9. The van der Waals surface area contributed by atoms with Crippen LogP contribution in [0.5, 0.6) is 5.75 Å². The first-order valence-corrected chi connectivity index (χ1v) is 9.03. The molecule has 6 heteroatoms. The number of thioether (sulfide) groups is 1. The molecule has 0 saturated heterocycles. The summed E-state index contributed by atoms with van der Waals surface area (Å²) in [6, 6.07) is 14.3. The Morgan fingerprint density at radius 1 is 1.23 bits per heavy atom. The Balaban J connectivity index is 1.93. The Bertz CT molecular complexity index is 1030. The number of benzene rings is 2. The third-order valence-electron chi connectivity index (χ3n) is 3.88. The van der Waals surface area contributed by atoms with Gasteiger partial charge in [0.1, 0.15) is 5.75 Å². The minimum Gasteiger partial charge on any atom is -0.496 e. The third kappa shape index (κ3) is 3.55. The first-order valence-electron chi connectivity index (χ1n) is 8.05. The fourth-order valence-electron chi connectivity index (χ4n) is 2.63. The number of nitrogens with zero attached hydrogens (tertiary/aromatic N) is 2. The van der Waals surface area contributed by atoms with Gasteiger partial charge in [-0.3, -0.25) is 14.2 Å². The molecule has 0 aliphatic carbocycles. The zero-order chi connectivity index (χ0) is 18.5. The molecule has 0 aliphatic rings. The number of carbonyl (C=O) groups is 1. The molecule has 0 unspecified atom stereocenters. The molecule has 0 N–H and O–H groups in total. The molecule has 2 aromatic carbocycles. The van der Waals surface area contributed by atoms with Crippen LogP contribution in [-0.2, 0) is 6.54 Å². The van der Waals surface area contributed by atoms with E-state index >= 15 is 0 Å². The van der Waals surface area contributed by atoms with Crippen molar-refractivity contribution in [2.45, 2.75) is 11.7 Å². The lowest BCUT2D eigenvalue weighted by atomic mass is 10.1. The molecule has 1 heterocycles. The molecule has 0 atom stereocenters. The first-order chi connectivity index (χ1) is 12.7. The van der Waals surface area contributed by atoms with E-state index in [0.29, 0.717) is 33.9 Å². The minimum absolute atomic E-state index is 0.0833. The fourth-order valence-corrected chi connectivity index (χ4v) is 3.52. The lowest BCUT2D eigenvalue weighted by Crippen LogP contribution is -2.23. The molecule has 0 radical (unpaired) electrons. The van der Waals surface area contributed by atoms with Gasteiger partial charge < -0.3 is 4.74 Å². The predicted molar refractivity (Wildman–Crippen MR) is 104 cm³/mol. The molecule has 0 aliphatic heterocycles.